The quantitative estimate of drug-likeness (QED) is 0.724. The largest absolute Gasteiger partial charge is 0.480 e. The summed E-state index contributed by atoms with van der Waals surface area (Å²) in [4.78, 5) is 25.2. The van der Waals surface area contributed by atoms with Crippen molar-refractivity contribution in [2.45, 2.75) is 52.1 Å². The molecule has 0 saturated carbocycles. The van der Waals surface area contributed by atoms with Crippen molar-refractivity contribution in [3.63, 3.8) is 0 Å². The molecule has 0 radical (unpaired) electrons. The van der Waals surface area contributed by atoms with Gasteiger partial charge in [-0.3, -0.25) is 0 Å². The minimum Gasteiger partial charge on any atom is -0.480 e. The molecule has 20 heavy (non-hydrogen) atoms. The molecule has 1 unspecified atom stereocenters. The zero-order valence-corrected chi connectivity index (χ0v) is 12.9. The molecule has 2 amide bonds. The van der Waals surface area contributed by atoms with Gasteiger partial charge >= 0.3 is 12.0 Å². The highest BCUT2D eigenvalue weighted by Gasteiger charge is 2.19. The number of thiophene rings is 1. The van der Waals surface area contributed by atoms with Gasteiger partial charge in [-0.2, -0.15) is 0 Å². The summed E-state index contributed by atoms with van der Waals surface area (Å²) in [5, 5.41) is 14.3. The number of carboxylic acids is 1. The lowest BCUT2D eigenvalue weighted by molar-refractivity contribution is -0.139. The molecular formula is C14H22N2O3S. The van der Waals surface area contributed by atoms with Gasteiger partial charge in [0.25, 0.3) is 0 Å². The number of urea groups is 1. The lowest BCUT2D eigenvalue weighted by Crippen LogP contribution is -2.48. The van der Waals surface area contributed by atoms with Crippen molar-refractivity contribution in [2.24, 2.45) is 0 Å². The Labute approximate surface area is 123 Å². The molecule has 1 rings (SSSR count). The lowest BCUT2D eigenvalue weighted by Gasteiger charge is -2.17. The van der Waals surface area contributed by atoms with Crippen LogP contribution in [0.3, 0.4) is 0 Å². The number of aryl methyl sites for hydroxylation is 1. The Morgan fingerprint density at radius 2 is 2.05 bits per heavy atom. The van der Waals surface area contributed by atoms with Crippen molar-refractivity contribution < 1.29 is 14.7 Å². The van der Waals surface area contributed by atoms with E-state index in [1.54, 1.807) is 11.3 Å². The zero-order chi connectivity index (χ0) is 15.1. The molecular weight excluding hydrogens is 276 g/mol. The number of rotatable bonds is 7. The third kappa shape index (κ3) is 5.61. The van der Waals surface area contributed by atoms with Gasteiger partial charge in [0.05, 0.1) is 0 Å². The van der Waals surface area contributed by atoms with Gasteiger partial charge in [0.2, 0.25) is 0 Å². The molecule has 5 nitrogen and oxygen atoms in total. The van der Waals surface area contributed by atoms with Crippen LogP contribution in [0.5, 0.6) is 0 Å². The van der Waals surface area contributed by atoms with Gasteiger partial charge in [0, 0.05) is 22.2 Å². The van der Waals surface area contributed by atoms with Crippen molar-refractivity contribution in [2.75, 3.05) is 0 Å². The number of hydrogen-bond acceptors (Lipinski definition) is 3. The van der Waals surface area contributed by atoms with E-state index in [1.807, 2.05) is 26.8 Å². The van der Waals surface area contributed by atoms with Crippen LogP contribution < -0.4 is 10.6 Å². The molecule has 0 fully saturated rings. The predicted molar refractivity (Wildman–Crippen MR) is 80.2 cm³/mol. The Morgan fingerprint density at radius 1 is 1.35 bits per heavy atom. The van der Waals surface area contributed by atoms with Crippen molar-refractivity contribution >= 4 is 23.3 Å². The smallest absolute Gasteiger partial charge is 0.326 e. The van der Waals surface area contributed by atoms with E-state index in [0.717, 1.165) is 6.42 Å². The Hall–Kier alpha value is -1.56. The molecule has 112 valence electrons. The third-order valence-corrected chi connectivity index (χ3v) is 3.88. The summed E-state index contributed by atoms with van der Waals surface area (Å²) >= 11 is 1.70. The number of carbonyl (C=O) groups is 2. The number of carbonyl (C=O) groups excluding carboxylic acids is 1. The van der Waals surface area contributed by atoms with E-state index < -0.39 is 18.0 Å². The third-order valence-electron chi connectivity index (χ3n) is 2.86. The number of aliphatic carboxylic acids is 1. The fourth-order valence-corrected chi connectivity index (χ4v) is 2.94. The van der Waals surface area contributed by atoms with E-state index in [0.29, 0.717) is 12.8 Å². The van der Waals surface area contributed by atoms with Crippen LogP contribution in [0, 0.1) is 6.92 Å². The zero-order valence-electron chi connectivity index (χ0n) is 12.1. The van der Waals surface area contributed by atoms with Crippen molar-refractivity contribution in [3.8, 4) is 0 Å². The maximum absolute atomic E-state index is 11.8. The second kappa shape index (κ2) is 7.89. The summed E-state index contributed by atoms with van der Waals surface area (Å²) in [5.41, 5.74) is 0. The number of amides is 2. The highest BCUT2D eigenvalue weighted by Crippen LogP contribution is 2.16. The summed E-state index contributed by atoms with van der Waals surface area (Å²) in [7, 11) is 0. The first kappa shape index (κ1) is 16.5. The molecule has 0 aliphatic heterocycles. The Balaban J connectivity index is 2.42. The number of carboxylic acid groups (broad SMARTS) is 1. The molecule has 0 saturated heterocycles. The molecule has 1 aromatic heterocycles. The molecule has 0 bridgehead atoms. The maximum atomic E-state index is 11.8. The topological polar surface area (TPSA) is 78.4 Å². The lowest BCUT2D eigenvalue weighted by atomic mass is 10.2. The van der Waals surface area contributed by atoms with Crippen LogP contribution in [0.4, 0.5) is 4.79 Å². The van der Waals surface area contributed by atoms with Gasteiger partial charge in [-0.05, 0) is 32.4 Å². The molecule has 6 heteroatoms. The number of hydrogen-bond donors (Lipinski definition) is 3. The molecule has 3 N–H and O–H groups in total. The van der Waals surface area contributed by atoms with Crippen LogP contribution in [-0.2, 0) is 11.2 Å². The van der Waals surface area contributed by atoms with E-state index in [4.69, 9.17) is 5.11 Å². The van der Waals surface area contributed by atoms with Gasteiger partial charge < -0.3 is 15.7 Å². The van der Waals surface area contributed by atoms with Crippen molar-refractivity contribution in [3.05, 3.63) is 21.9 Å². The van der Waals surface area contributed by atoms with Crippen LogP contribution >= 0.6 is 11.3 Å². The molecule has 0 aromatic carbocycles. The van der Waals surface area contributed by atoms with E-state index in [9.17, 15) is 9.59 Å². The van der Waals surface area contributed by atoms with Crippen LogP contribution in [-0.4, -0.2) is 29.2 Å². The highest BCUT2D eigenvalue weighted by molar-refractivity contribution is 7.11. The number of nitrogens with one attached hydrogen (secondary N) is 2. The van der Waals surface area contributed by atoms with Gasteiger partial charge in [-0.25, -0.2) is 9.59 Å². The van der Waals surface area contributed by atoms with Crippen molar-refractivity contribution in [1.82, 2.24) is 10.6 Å². The summed E-state index contributed by atoms with van der Waals surface area (Å²) in [6, 6.07) is 2.81. The fraction of sp³-hybridized carbons (Fsp3) is 0.571. The van der Waals surface area contributed by atoms with E-state index in [-0.39, 0.29) is 6.04 Å². The molecule has 0 aliphatic carbocycles. The minimum atomic E-state index is -0.997. The standard InChI is InChI=1S/C14H22N2O3S/c1-4-5-12(13(17)18)16-14(19)15-9(2)8-11-7-6-10(3)20-11/h6-7,9,12H,4-5,8H2,1-3H3,(H,17,18)(H2,15,16,19)/t9?,12-/m1/s1. The van der Waals surface area contributed by atoms with Gasteiger partial charge in [0.15, 0.2) is 0 Å². The Morgan fingerprint density at radius 3 is 2.55 bits per heavy atom. The van der Waals surface area contributed by atoms with Crippen LogP contribution in [0.15, 0.2) is 12.1 Å². The molecule has 0 spiro atoms. The summed E-state index contributed by atoms with van der Waals surface area (Å²) in [5.74, 6) is -0.997. The Bertz CT molecular complexity index is 459. The second-order valence-electron chi connectivity index (χ2n) is 4.91. The highest BCUT2D eigenvalue weighted by atomic mass is 32.1. The average Bonchev–Trinajstić information content (AvgIpc) is 2.73. The Kier molecular flexibility index (Phi) is 6.51. The minimum absolute atomic E-state index is 0.0379. The first-order valence-electron chi connectivity index (χ1n) is 6.77. The first-order chi connectivity index (χ1) is 9.42. The first-order valence-corrected chi connectivity index (χ1v) is 7.59. The normalized spacial score (nSPS) is 13.6. The fourth-order valence-electron chi connectivity index (χ4n) is 1.92. The SMILES string of the molecule is CCC[C@@H](NC(=O)NC(C)Cc1ccc(C)s1)C(=O)O. The van der Waals surface area contributed by atoms with Gasteiger partial charge in [-0.15, -0.1) is 11.3 Å². The van der Waals surface area contributed by atoms with Gasteiger partial charge in [0.1, 0.15) is 6.04 Å². The molecule has 1 heterocycles. The summed E-state index contributed by atoms with van der Waals surface area (Å²) in [6.45, 7) is 5.84. The second-order valence-corrected chi connectivity index (χ2v) is 6.29. The van der Waals surface area contributed by atoms with E-state index in [2.05, 4.69) is 16.7 Å². The van der Waals surface area contributed by atoms with Crippen LogP contribution in [0.1, 0.15) is 36.4 Å². The van der Waals surface area contributed by atoms with E-state index >= 15 is 0 Å². The van der Waals surface area contributed by atoms with Crippen LogP contribution in [0.25, 0.3) is 0 Å². The van der Waals surface area contributed by atoms with Gasteiger partial charge in [-0.1, -0.05) is 13.3 Å². The summed E-state index contributed by atoms with van der Waals surface area (Å²) in [6.07, 6.45) is 1.89. The predicted octanol–water partition coefficient (Wildman–Crippen LogP) is 2.54. The van der Waals surface area contributed by atoms with Crippen LogP contribution in [0.2, 0.25) is 0 Å². The molecule has 2 atom stereocenters. The monoisotopic (exact) mass is 298 g/mol. The summed E-state index contributed by atoms with van der Waals surface area (Å²) < 4.78 is 0. The average molecular weight is 298 g/mol. The molecule has 1 aromatic rings. The van der Waals surface area contributed by atoms with Crippen molar-refractivity contribution in [1.29, 1.82) is 0 Å². The van der Waals surface area contributed by atoms with E-state index in [1.165, 1.54) is 9.75 Å². The molecule has 0 aliphatic rings. The maximum Gasteiger partial charge on any atom is 0.326 e.